The van der Waals surface area contributed by atoms with Crippen molar-refractivity contribution < 1.29 is 19.4 Å². The highest BCUT2D eigenvalue weighted by atomic mass is 16.5. The summed E-state index contributed by atoms with van der Waals surface area (Å²) in [6, 6.07) is 17.5. The van der Waals surface area contributed by atoms with Gasteiger partial charge in [-0.1, -0.05) is 67.2 Å². The fourth-order valence-corrected chi connectivity index (χ4v) is 2.25. The van der Waals surface area contributed by atoms with Gasteiger partial charge in [0.25, 0.3) is 0 Å². The quantitative estimate of drug-likeness (QED) is 0.656. The molecule has 0 saturated carbocycles. The van der Waals surface area contributed by atoms with Crippen molar-refractivity contribution in [3.05, 3.63) is 84.4 Å². The second-order valence-corrected chi connectivity index (χ2v) is 4.70. The molecule has 0 bridgehead atoms. The molecule has 0 heterocycles. The van der Waals surface area contributed by atoms with Crippen molar-refractivity contribution >= 4 is 11.9 Å². The molecule has 0 aromatic heterocycles. The van der Waals surface area contributed by atoms with Gasteiger partial charge in [-0.2, -0.15) is 0 Å². The Morgan fingerprint density at radius 2 is 1.45 bits per heavy atom. The first-order valence-electron chi connectivity index (χ1n) is 6.79. The summed E-state index contributed by atoms with van der Waals surface area (Å²) in [6.45, 7) is 3.36. The van der Waals surface area contributed by atoms with Crippen LogP contribution in [0.15, 0.2) is 73.3 Å². The zero-order chi connectivity index (χ0) is 15.9. The molecule has 0 aliphatic rings. The van der Waals surface area contributed by atoms with E-state index in [2.05, 4.69) is 6.58 Å². The van der Waals surface area contributed by atoms with Crippen LogP contribution in [0.5, 0.6) is 0 Å². The zero-order valence-corrected chi connectivity index (χ0v) is 11.9. The SMILES string of the molecule is C=CC(=O)OC(c1ccccc1)C(C(=O)O)c1ccccc1. The summed E-state index contributed by atoms with van der Waals surface area (Å²) in [4.78, 5) is 23.4. The number of esters is 1. The third-order valence-electron chi connectivity index (χ3n) is 3.27. The number of carboxylic acids is 1. The highest BCUT2D eigenvalue weighted by molar-refractivity contribution is 5.83. The van der Waals surface area contributed by atoms with Gasteiger partial charge in [0.1, 0.15) is 12.0 Å². The number of ether oxygens (including phenoxy) is 1. The molecular formula is C18H16O4. The van der Waals surface area contributed by atoms with Crippen LogP contribution in [0.25, 0.3) is 0 Å². The van der Waals surface area contributed by atoms with Gasteiger partial charge in [-0.15, -0.1) is 0 Å². The Morgan fingerprint density at radius 1 is 0.955 bits per heavy atom. The lowest BCUT2D eigenvalue weighted by atomic mass is 9.89. The molecule has 2 unspecified atom stereocenters. The van der Waals surface area contributed by atoms with E-state index in [0.717, 1.165) is 6.08 Å². The topological polar surface area (TPSA) is 63.6 Å². The van der Waals surface area contributed by atoms with E-state index in [9.17, 15) is 14.7 Å². The Morgan fingerprint density at radius 3 is 1.91 bits per heavy atom. The molecule has 1 N–H and O–H groups in total. The molecule has 0 amide bonds. The van der Waals surface area contributed by atoms with Crippen molar-refractivity contribution in [1.82, 2.24) is 0 Å². The normalized spacial score (nSPS) is 12.9. The highest BCUT2D eigenvalue weighted by Crippen LogP contribution is 2.34. The molecular weight excluding hydrogens is 280 g/mol. The highest BCUT2D eigenvalue weighted by Gasteiger charge is 2.33. The first kappa shape index (κ1) is 15.5. The lowest BCUT2D eigenvalue weighted by Crippen LogP contribution is -2.24. The Kier molecular flexibility index (Phi) is 5.09. The number of carbonyl (C=O) groups excluding carboxylic acids is 1. The molecule has 0 aliphatic carbocycles. The van der Waals surface area contributed by atoms with Gasteiger partial charge in [0.2, 0.25) is 0 Å². The molecule has 0 aliphatic heterocycles. The predicted molar refractivity (Wildman–Crippen MR) is 82.3 cm³/mol. The second-order valence-electron chi connectivity index (χ2n) is 4.70. The van der Waals surface area contributed by atoms with E-state index in [1.54, 1.807) is 54.6 Å². The number of aliphatic carboxylic acids is 1. The fourth-order valence-electron chi connectivity index (χ4n) is 2.25. The van der Waals surface area contributed by atoms with Crippen LogP contribution in [0, 0.1) is 0 Å². The molecule has 2 rings (SSSR count). The number of carboxylic acid groups (broad SMARTS) is 1. The van der Waals surface area contributed by atoms with Crippen molar-refractivity contribution in [2.24, 2.45) is 0 Å². The summed E-state index contributed by atoms with van der Waals surface area (Å²) in [6.07, 6.45) is 0.103. The molecule has 2 aromatic rings. The minimum absolute atomic E-state index is 0.570. The molecule has 4 heteroatoms. The molecule has 112 valence electrons. The molecule has 4 nitrogen and oxygen atoms in total. The minimum atomic E-state index is -1.06. The summed E-state index contributed by atoms with van der Waals surface area (Å²) in [7, 11) is 0. The van der Waals surface area contributed by atoms with Crippen LogP contribution < -0.4 is 0 Å². The Balaban J connectivity index is 2.47. The lowest BCUT2D eigenvalue weighted by Gasteiger charge is -2.24. The van der Waals surface area contributed by atoms with Gasteiger partial charge >= 0.3 is 11.9 Å². The van der Waals surface area contributed by atoms with Gasteiger partial charge < -0.3 is 9.84 Å². The van der Waals surface area contributed by atoms with Gasteiger partial charge in [0.15, 0.2) is 0 Å². The number of hydrogen-bond donors (Lipinski definition) is 1. The maximum Gasteiger partial charge on any atom is 0.330 e. The van der Waals surface area contributed by atoms with Crippen LogP contribution in [0.2, 0.25) is 0 Å². The van der Waals surface area contributed by atoms with E-state index >= 15 is 0 Å². The average Bonchev–Trinajstić information content (AvgIpc) is 2.55. The van der Waals surface area contributed by atoms with E-state index in [1.165, 1.54) is 0 Å². The van der Waals surface area contributed by atoms with Gasteiger partial charge in [-0.25, -0.2) is 4.79 Å². The Bertz CT molecular complexity index is 649. The van der Waals surface area contributed by atoms with Crippen LogP contribution in [-0.4, -0.2) is 17.0 Å². The molecule has 0 radical (unpaired) electrons. The van der Waals surface area contributed by atoms with Gasteiger partial charge in [0, 0.05) is 6.08 Å². The molecule has 0 spiro atoms. The predicted octanol–water partition coefficient (Wildman–Crippen LogP) is 3.33. The number of benzene rings is 2. The van der Waals surface area contributed by atoms with E-state index in [-0.39, 0.29) is 0 Å². The van der Waals surface area contributed by atoms with Crippen LogP contribution in [0.4, 0.5) is 0 Å². The Labute approximate surface area is 128 Å². The van der Waals surface area contributed by atoms with Crippen molar-refractivity contribution in [3.8, 4) is 0 Å². The van der Waals surface area contributed by atoms with E-state index < -0.39 is 24.0 Å². The van der Waals surface area contributed by atoms with Crippen LogP contribution in [0.1, 0.15) is 23.1 Å². The monoisotopic (exact) mass is 296 g/mol. The van der Waals surface area contributed by atoms with Crippen LogP contribution in [-0.2, 0) is 14.3 Å². The molecule has 22 heavy (non-hydrogen) atoms. The summed E-state index contributed by atoms with van der Waals surface area (Å²) < 4.78 is 5.33. The van der Waals surface area contributed by atoms with Crippen LogP contribution in [0.3, 0.4) is 0 Å². The number of carbonyl (C=O) groups is 2. The standard InChI is InChI=1S/C18H16O4/c1-2-15(19)22-17(14-11-7-4-8-12-14)16(18(20)21)13-9-5-3-6-10-13/h2-12,16-17H,1H2,(H,20,21). The zero-order valence-electron chi connectivity index (χ0n) is 11.9. The maximum atomic E-state index is 11.8. The smallest absolute Gasteiger partial charge is 0.330 e. The molecule has 2 aromatic carbocycles. The lowest BCUT2D eigenvalue weighted by molar-refractivity contribution is -0.151. The van der Waals surface area contributed by atoms with Gasteiger partial charge in [-0.3, -0.25) is 4.79 Å². The second kappa shape index (κ2) is 7.22. The Hall–Kier alpha value is -2.88. The summed E-state index contributed by atoms with van der Waals surface area (Å²) >= 11 is 0. The van der Waals surface area contributed by atoms with E-state index in [1.807, 2.05) is 6.07 Å². The van der Waals surface area contributed by atoms with Gasteiger partial charge in [0.05, 0.1) is 0 Å². The number of rotatable bonds is 6. The molecule has 2 atom stereocenters. The van der Waals surface area contributed by atoms with Crippen molar-refractivity contribution in [1.29, 1.82) is 0 Å². The first-order valence-corrected chi connectivity index (χ1v) is 6.79. The third-order valence-corrected chi connectivity index (χ3v) is 3.27. The van der Waals surface area contributed by atoms with Crippen molar-refractivity contribution in [3.63, 3.8) is 0 Å². The summed E-state index contributed by atoms with van der Waals surface area (Å²) in [5.41, 5.74) is 1.19. The number of hydrogen-bond acceptors (Lipinski definition) is 3. The summed E-state index contributed by atoms with van der Waals surface area (Å²) in [5, 5.41) is 9.63. The maximum absolute atomic E-state index is 11.8. The van der Waals surface area contributed by atoms with Crippen molar-refractivity contribution in [2.75, 3.05) is 0 Å². The first-order chi connectivity index (χ1) is 10.6. The van der Waals surface area contributed by atoms with E-state index in [4.69, 9.17) is 4.74 Å². The molecule has 0 fully saturated rings. The molecule has 0 saturated heterocycles. The minimum Gasteiger partial charge on any atom is -0.481 e. The van der Waals surface area contributed by atoms with Gasteiger partial charge in [-0.05, 0) is 11.1 Å². The fraction of sp³-hybridized carbons (Fsp3) is 0.111. The average molecular weight is 296 g/mol. The van der Waals surface area contributed by atoms with E-state index in [0.29, 0.717) is 11.1 Å². The largest absolute Gasteiger partial charge is 0.481 e. The summed E-state index contributed by atoms with van der Waals surface area (Å²) in [5.74, 6) is -2.71. The van der Waals surface area contributed by atoms with Crippen molar-refractivity contribution in [2.45, 2.75) is 12.0 Å². The van der Waals surface area contributed by atoms with Crippen LogP contribution >= 0.6 is 0 Å². The third kappa shape index (κ3) is 3.61.